The molecule has 118 valence electrons. The number of benzene rings is 1. The molecular formula is C17H15ClFN3O. The van der Waals surface area contributed by atoms with E-state index in [0.717, 1.165) is 42.7 Å². The van der Waals surface area contributed by atoms with E-state index in [2.05, 4.69) is 15.0 Å². The van der Waals surface area contributed by atoms with E-state index < -0.39 is 0 Å². The Labute approximate surface area is 137 Å². The van der Waals surface area contributed by atoms with Gasteiger partial charge < -0.3 is 9.42 Å². The van der Waals surface area contributed by atoms with E-state index in [-0.39, 0.29) is 5.82 Å². The smallest absolute Gasteiger partial charge is 0.170 e. The Hall–Kier alpha value is -2.14. The zero-order valence-electron chi connectivity index (χ0n) is 12.4. The fourth-order valence-electron chi connectivity index (χ4n) is 3.23. The van der Waals surface area contributed by atoms with Gasteiger partial charge in [-0.3, -0.25) is 0 Å². The summed E-state index contributed by atoms with van der Waals surface area (Å²) in [6, 6.07) is 8.46. The van der Waals surface area contributed by atoms with Gasteiger partial charge in [-0.1, -0.05) is 16.8 Å². The van der Waals surface area contributed by atoms with Crippen molar-refractivity contribution >= 4 is 28.3 Å². The number of hydrogen-bond donors (Lipinski definition) is 0. The molecule has 6 heteroatoms. The molecule has 2 aromatic heterocycles. The van der Waals surface area contributed by atoms with E-state index in [9.17, 15) is 4.39 Å². The first-order valence-electron chi connectivity index (χ1n) is 7.62. The molecule has 3 heterocycles. The third-order valence-corrected chi connectivity index (χ3v) is 4.63. The highest BCUT2D eigenvalue weighted by atomic mass is 35.5. The molecule has 3 aromatic rings. The number of pyridine rings is 1. The summed E-state index contributed by atoms with van der Waals surface area (Å²) in [7, 11) is 0. The maximum absolute atomic E-state index is 13.2. The lowest BCUT2D eigenvalue weighted by atomic mass is 9.91. The average Bonchev–Trinajstić information content (AvgIpc) is 2.98. The van der Waals surface area contributed by atoms with Crippen molar-refractivity contribution in [3.05, 3.63) is 53.2 Å². The second-order valence-electron chi connectivity index (χ2n) is 5.81. The summed E-state index contributed by atoms with van der Waals surface area (Å²) in [5.74, 6) is 0.0276. The molecule has 0 bridgehead atoms. The van der Waals surface area contributed by atoms with Crippen molar-refractivity contribution in [1.82, 2.24) is 10.1 Å². The minimum absolute atomic E-state index is 0.301. The molecule has 1 aromatic carbocycles. The van der Waals surface area contributed by atoms with E-state index in [0.29, 0.717) is 16.7 Å². The molecule has 0 spiro atoms. The molecule has 0 radical (unpaired) electrons. The number of fused-ring (bicyclic) bond motifs is 1. The average molecular weight is 332 g/mol. The molecule has 23 heavy (non-hydrogen) atoms. The van der Waals surface area contributed by atoms with Gasteiger partial charge in [-0.15, -0.1) is 0 Å². The molecule has 1 aliphatic rings. The Kier molecular flexibility index (Phi) is 3.65. The fraction of sp³-hybridized carbons (Fsp3) is 0.294. The topological polar surface area (TPSA) is 42.2 Å². The summed E-state index contributed by atoms with van der Waals surface area (Å²) in [4.78, 5) is 6.31. The Morgan fingerprint density at radius 1 is 1.17 bits per heavy atom. The van der Waals surface area contributed by atoms with Gasteiger partial charge in [0.25, 0.3) is 0 Å². The second-order valence-corrected chi connectivity index (χ2v) is 6.19. The molecule has 1 saturated heterocycles. The summed E-state index contributed by atoms with van der Waals surface area (Å²) < 4.78 is 18.5. The van der Waals surface area contributed by atoms with Crippen LogP contribution >= 0.6 is 11.6 Å². The van der Waals surface area contributed by atoms with Crippen LogP contribution in [0.1, 0.15) is 24.5 Å². The molecule has 4 nitrogen and oxygen atoms in total. The lowest BCUT2D eigenvalue weighted by Crippen LogP contribution is -2.33. The van der Waals surface area contributed by atoms with Gasteiger partial charge >= 0.3 is 0 Å². The Balaban J connectivity index is 1.52. The Bertz CT molecular complexity index is 843. The van der Waals surface area contributed by atoms with Crippen molar-refractivity contribution in [2.75, 3.05) is 18.0 Å². The highest BCUT2D eigenvalue weighted by molar-refractivity contribution is 6.29. The van der Waals surface area contributed by atoms with Crippen molar-refractivity contribution in [2.24, 2.45) is 0 Å². The normalized spacial score (nSPS) is 16.2. The summed E-state index contributed by atoms with van der Waals surface area (Å²) in [6.45, 7) is 1.83. The molecule has 0 atom stereocenters. The van der Waals surface area contributed by atoms with E-state index in [1.165, 1.54) is 12.1 Å². The van der Waals surface area contributed by atoms with E-state index in [4.69, 9.17) is 16.1 Å². The Morgan fingerprint density at radius 2 is 2.00 bits per heavy atom. The number of anilines is 1. The number of halogens is 2. The minimum Gasteiger partial charge on any atom is -0.371 e. The van der Waals surface area contributed by atoms with Crippen LogP contribution in [0.2, 0.25) is 5.15 Å². The fourth-order valence-corrected chi connectivity index (χ4v) is 3.39. The number of nitrogens with zero attached hydrogens (tertiary/aromatic N) is 3. The van der Waals surface area contributed by atoms with Crippen LogP contribution in [0, 0.1) is 5.82 Å². The largest absolute Gasteiger partial charge is 0.371 e. The lowest BCUT2D eigenvalue weighted by molar-refractivity contribution is 0.416. The van der Waals surface area contributed by atoms with Gasteiger partial charge in [-0.2, -0.15) is 0 Å². The second kappa shape index (κ2) is 5.81. The van der Waals surface area contributed by atoms with Gasteiger partial charge in [0.15, 0.2) is 5.58 Å². The summed E-state index contributed by atoms with van der Waals surface area (Å²) in [5.41, 5.74) is 2.55. The number of rotatable bonds is 2. The third kappa shape index (κ3) is 2.77. The molecule has 0 unspecified atom stereocenters. The summed E-state index contributed by atoms with van der Waals surface area (Å²) >= 11 is 5.96. The van der Waals surface area contributed by atoms with Crippen molar-refractivity contribution in [3.8, 4) is 0 Å². The van der Waals surface area contributed by atoms with Gasteiger partial charge in [0.1, 0.15) is 11.0 Å². The monoisotopic (exact) mass is 331 g/mol. The van der Waals surface area contributed by atoms with Crippen molar-refractivity contribution < 1.29 is 8.91 Å². The SMILES string of the molecule is Fc1ccc2c(C3CCN(c4ccnc(Cl)c4)CC3)noc2c1. The van der Waals surface area contributed by atoms with Crippen molar-refractivity contribution in [3.63, 3.8) is 0 Å². The van der Waals surface area contributed by atoms with E-state index in [1.54, 1.807) is 12.3 Å². The predicted molar refractivity (Wildman–Crippen MR) is 87.4 cm³/mol. The molecule has 0 amide bonds. The molecule has 1 aliphatic heterocycles. The van der Waals surface area contributed by atoms with Crippen LogP contribution < -0.4 is 4.90 Å². The molecule has 4 rings (SSSR count). The maximum atomic E-state index is 13.2. The first kappa shape index (κ1) is 14.5. The molecule has 0 saturated carbocycles. The minimum atomic E-state index is -0.301. The van der Waals surface area contributed by atoms with E-state index >= 15 is 0 Å². The van der Waals surface area contributed by atoms with Crippen LogP contribution in [0.15, 0.2) is 41.1 Å². The first-order chi connectivity index (χ1) is 11.2. The highest BCUT2D eigenvalue weighted by Gasteiger charge is 2.25. The summed E-state index contributed by atoms with van der Waals surface area (Å²) in [5, 5.41) is 5.60. The van der Waals surface area contributed by atoms with Crippen molar-refractivity contribution in [1.29, 1.82) is 0 Å². The standard InChI is InChI=1S/C17H15ClFN3O/c18-16-10-13(3-6-20-16)22-7-4-11(5-8-22)17-14-2-1-12(19)9-15(14)23-21-17/h1-3,6,9-11H,4-5,7-8H2. The van der Waals surface area contributed by atoms with E-state index in [1.807, 2.05) is 12.1 Å². The van der Waals surface area contributed by atoms with Crippen LogP contribution in [0.3, 0.4) is 0 Å². The molecule has 0 N–H and O–H groups in total. The zero-order chi connectivity index (χ0) is 15.8. The number of piperidine rings is 1. The number of hydrogen-bond acceptors (Lipinski definition) is 4. The molecule has 1 fully saturated rings. The number of aromatic nitrogens is 2. The van der Waals surface area contributed by atoms with Gasteiger partial charge in [-0.05, 0) is 37.1 Å². The van der Waals surface area contributed by atoms with Crippen LogP contribution in [0.5, 0.6) is 0 Å². The molecular weight excluding hydrogens is 317 g/mol. The quantitative estimate of drug-likeness (QED) is 0.653. The van der Waals surface area contributed by atoms with Crippen LogP contribution in [-0.2, 0) is 0 Å². The highest BCUT2D eigenvalue weighted by Crippen LogP contribution is 2.34. The predicted octanol–water partition coefficient (Wildman–Crippen LogP) is 4.40. The lowest BCUT2D eigenvalue weighted by Gasteiger charge is -2.32. The van der Waals surface area contributed by atoms with Gasteiger partial charge in [-0.25, -0.2) is 9.37 Å². The zero-order valence-corrected chi connectivity index (χ0v) is 13.1. The van der Waals surface area contributed by atoms with Gasteiger partial charge in [0.2, 0.25) is 0 Å². The van der Waals surface area contributed by atoms with Crippen LogP contribution in [0.25, 0.3) is 11.0 Å². The van der Waals surface area contributed by atoms with Crippen LogP contribution in [-0.4, -0.2) is 23.2 Å². The van der Waals surface area contributed by atoms with Crippen molar-refractivity contribution in [2.45, 2.75) is 18.8 Å². The van der Waals surface area contributed by atoms with Gasteiger partial charge in [0, 0.05) is 42.3 Å². The Morgan fingerprint density at radius 3 is 2.78 bits per heavy atom. The summed E-state index contributed by atoms with van der Waals surface area (Å²) in [6.07, 6.45) is 3.67. The maximum Gasteiger partial charge on any atom is 0.170 e. The third-order valence-electron chi connectivity index (χ3n) is 4.42. The first-order valence-corrected chi connectivity index (χ1v) is 8.00. The van der Waals surface area contributed by atoms with Gasteiger partial charge in [0.05, 0.1) is 5.69 Å². The molecule has 0 aliphatic carbocycles. The van der Waals surface area contributed by atoms with Crippen LogP contribution in [0.4, 0.5) is 10.1 Å².